The number of amides is 1. The van der Waals surface area contributed by atoms with Gasteiger partial charge in [0.15, 0.2) is 0 Å². The highest BCUT2D eigenvalue weighted by atomic mass is 19.1. The predicted molar refractivity (Wildman–Crippen MR) is 91.2 cm³/mol. The molecular weight excluding hydrogens is 305 g/mol. The molecule has 0 saturated carbocycles. The van der Waals surface area contributed by atoms with Gasteiger partial charge < -0.3 is 10.1 Å². The second-order valence-corrected chi connectivity index (χ2v) is 6.37. The fourth-order valence-corrected chi connectivity index (χ4v) is 3.19. The Bertz CT molecular complexity index is 689. The Morgan fingerprint density at radius 1 is 1.08 bits per heavy atom. The van der Waals surface area contributed by atoms with Crippen molar-refractivity contribution in [3.8, 4) is 0 Å². The number of ether oxygens (including phenoxy) is 1. The minimum Gasteiger partial charge on any atom is -0.381 e. The third-order valence-electron chi connectivity index (χ3n) is 4.75. The SMILES string of the molecule is Cc1ccc(C2(C(=O)NCc3ccc(F)cc3)CCOCC2)cc1. The summed E-state index contributed by atoms with van der Waals surface area (Å²) in [5.74, 6) is -0.260. The quantitative estimate of drug-likeness (QED) is 0.933. The number of aryl methyl sites for hydroxylation is 1. The Labute approximate surface area is 141 Å². The zero-order valence-electron chi connectivity index (χ0n) is 13.8. The third-order valence-corrected chi connectivity index (χ3v) is 4.75. The van der Waals surface area contributed by atoms with E-state index < -0.39 is 5.41 Å². The first kappa shape index (κ1) is 16.7. The lowest BCUT2D eigenvalue weighted by Gasteiger charge is -2.36. The summed E-state index contributed by atoms with van der Waals surface area (Å²) in [7, 11) is 0. The van der Waals surface area contributed by atoms with Crippen LogP contribution >= 0.6 is 0 Å². The molecule has 1 aliphatic heterocycles. The molecule has 1 aliphatic rings. The van der Waals surface area contributed by atoms with E-state index in [4.69, 9.17) is 4.74 Å². The van der Waals surface area contributed by atoms with Crippen LogP contribution < -0.4 is 5.32 Å². The van der Waals surface area contributed by atoms with Crippen LogP contribution in [0.4, 0.5) is 4.39 Å². The molecule has 0 aromatic heterocycles. The Kier molecular flexibility index (Phi) is 4.95. The predicted octanol–water partition coefficient (Wildman–Crippen LogP) is 3.50. The van der Waals surface area contributed by atoms with Gasteiger partial charge >= 0.3 is 0 Å². The fourth-order valence-electron chi connectivity index (χ4n) is 3.19. The first-order chi connectivity index (χ1) is 11.6. The lowest BCUT2D eigenvalue weighted by atomic mass is 9.73. The summed E-state index contributed by atoms with van der Waals surface area (Å²) < 4.78 is 18.5. The number of halogens is 1. The summed E-state index contributed by atoms with van der Waals surface area (Å²) >= 11 is 0. The summed E-state index contributed by atoms with van der Waals surface area (Å²) in [6, 6.07) is 14.4. The molecule has 3 nitrogen and oxygen atoms in total. The van der Waals surface area contributed by atoms with Gasteiger partial charge in [0.2, 0.25) is 5.91 Å². The smallest absolute Gasteiger partial charge is 0.231 e. The summed E-state index contributed by atoms with van der Waals surface area (Å²) in [5.41, 5.74) is 2.54. The first-order valence-electron chi connectivity index (χ1n) is 8.28. The molecule has 1 amide bonds. The van der Waals surface area contributed by atoms with E-state index in [9.17, 15) is 9.18 Å². The number of benzene rings is 2. The van der Waals surface area contributed by atoms with Crippen LogP contribution in [0.3, 0.4) is 0 Å². The van der Waals surface area contributed by atoms with Gasteiger partial charge in [-0.25, -0.2) is 4.39 Å². The van der Waals surface area contributed by atoms with Crippen LogP contribution in [-0.4, -0.2) is 19.1 Å². The molecule has 0 unspecified atom stereocenters. The van der Waals surface area contributed by atoms with Gasteiger partial charge in [0.25, 0.3) is 0 Å². The highest BCUT2D eigenvalue weighted by molar-refractivity contribution is 5.88. The molecule has 0 bridgehead atoms. The van der Waals surface area contributed by atoms with Crippen molar-refractivity contribution in [3.63, 3.8) is 0 Å². The van der Waals surface area contributed by atoms with Crippen LogP contribution in [0.1, 0.15) is 29.5 Å². The van der Waals surface area contributed by atoms with E-state index in [2.05, 4.69) is 5.32 Å². The van der Waals surface area contributed by atoms with E-state index in [-0.39, 0.29) is 11.7 Å². The monoisotopic (exact) mass is 327 g/mol. The lowest BCUT2D eigenvalue weighted by Crippen LogP contribution is -2.47. The van der Waals surface area contributed by atoms with E-state index in [0.717, 1.165) is 11.1 Å². The van der Waals surface area contributed by atoms with Crippen molar-refractivity contribution in [1.29, 1.82) is 0 Å². The van der Waals surface area contributed by atoms with Crippen LogP contribution in [0.15, 0.2) is 48.5 Å². The molecule has 1 saturated heterocycles. The fraction of sp³-hybridized carbons (Fsp3) is 0.350. The standard InChI is InChI=1S/C20H22FNO2/c1-15-2-6-17(7-3-15)20(10-12-24-13-11-20)19(23)22-14-16-4-8-18(21)9-5-16/h2-9H,10-14H2,1H3,(H,22,23). The van der Waals surface area contributed by atoms with Crippen LogP contribution in [0, 0.1) is 12.7 Å². The van der Waals surface area contributed by atoms with Gasteiger partial charge in [0.1, 0.15) is 5.82 Å². The molecule has 126 valence electrons. The summed E-state index contributed by atoms with van der Waals surface area (Å²) in [6.07, 6.45) is 1.34. The topological polar surface area (TPSA) is 38.3 Å². The average molecular weight is 327 g/mol. The highest BCUT2D eigenvalue weighted by Gasteiger charge is 2.41. The molecule has 0 atom stereocenters. The molecule has 3 rings (SSSR count). The molecule has 0 radical (unpaired) electrons. The molecule has 2 aromatic carbocycles. The number of nitrogens with one attached hydrogen (secondary N) is 1. The maximum Gasteiger partial charge on any atom is 0.231 e. The Balaban J connectivity index is 1.78. The molecule has 0 spiro atoms. The number of carbonyl (C=O) groups excluding carboxylic acids is 1. The van der Waals surface area contributed by atoms with Crippen LogP contribution in [0.25, 0.3) is 0 Å². The number of hydrogen-bond donors (Lipinski definition) is 1. The molecule has 1 heterocycles. The largest absolute Gasteiger partial charge is 0.381 e. The van der Waals surface area contributed by atoms with Crippen molar-refractivity contribution in [2.24, 2.45) is 0 Å². The van der Waals surface area contributed by atoms with Crippen molar-refractivity contribution >= 4 is 5.91 Å². The molecular formula is C20H22FNO2. The van der Waals surface area contributed by atoms with E-state index in [0.29, 0.717) is 32.6 Å². The van der Waals surface area contributed by atoms with Gasteiger partial charge in [-0.3, -0.25) is 4.79 Å². The third kappa shape index (κ3) is 3.49. The molecule has 0 aliphatic carbocycles. The maximum absolute atomic E-state index is 13.0. The number of carbonyl (C=O) groups is 1. The molecule has 1 fully saturated rings. The minimum atomic E-state index is -0.550. The van der Waals surface area contributed by atoms with E-state index in [1.165, 1.54) is 17.7 Å². The van der Waals surface area contributed by atoms with Gasteiger partial charge in [-0.05, 0) is 43.0 Å². The van der Waals surface area contributed by atoms with Gasteiger partial charge in [0.05, 0.1) is 5.41 Å². The summed E-state index contributed by atoms with van der Waals surface area (Å²) in [5, 5.41) is 3.03. The van der Waals surface area contributed by atoms with Crippen molar-refractivity contribution in [2.45, 2.75) is 31.7 Å². The minimum absolute atomic E-state index is 0.0129. The lowest BCUT2D eigenvalue weighted by molar-refractivity contribution is -0.130. The highest BCUT2D eigenvalue weighted by Crippen LogP contribution is 2.35. The van der Waals surface area contributed by atoms with Gasteiger partial charge in [-0.15, -0.1) is 0 Å². The summed E-state index contributed by atoms with van der Waals surface area (Å²) in [6.45, 7) is 3.60. The van der Waals surface area contributed by atoms with Gasteiger partial charge in [0, 0.05) is 19.8 Å². The Hall–Kier alpha value is -2.20. The van der Waals surface area contributed by atoms with Crippen molar-refractivity contribution in [3.05, 3.63) is 71.0 Å². The van der Waals surface area contributed by atoms with Gasteiger partial charge in [-0.2, -0.15) is 0 Å². The van der Waals surface area contributed by atoms with Crippen LogP contribution in [-0.2, 0) is 21.5 Å². The zero-order chi connectivity index (χ0) is 17.0. The average Bonchev–Trinajstić information content (AvgIpc) is 2.62. The van der Waals surface area contributed by atoms with Crippen LogP contribution in [0.5, 0.6) is 0 Å². The second kappa shape index (κ2) is 7.14. The first-order valence-corrected chi connectivity index (χ1v) is 8.28. The zero-order valence-corrected chi connectivity index (χ0v) is 13.8. The van der Waals surface area contributed by atoms with Crippen LogP contribution in [0.2, 0.25) is 0 Å². The maximum atomic E-state index is 13.0. The Morgan fingerprint density at radius 3 is 2.33 bits per heavy atom. The molecule has 1 N–H and O–H groups in total. The molecule has 24 heavy (non-hydrogen) atoms. The van der Waals surface area contributed by atoms with E-state index >= 15 is 0 Å². The second-order valence-electron chi connectivity index (χ2n) is 6.37. The van der Waals surface area contributed by atoms with Crippen molar-refractivity contribution < 1.29 is 13.9 Å². The number of rotatable bonds is 4. The van der Waals surface area contributed by atoms with E-state index in [1.807, 2.05) is 31.2 Å². The van der Waals surface area contributed by atoms with Crippen molar-refractivity contribution in [2.75, 3.05) is 13.2 Å². The Morgan fingerprint density at radius 2 is 1.71 bits per heavy atom. The van der Waals surface area contributed by atoms with Gasteiger partial charge in [-0.1, -0.05) is 42.0 Å². The normalized spacial score (nSPS) is 16.6. The van der Waals surface area contributed by atoms with Crippen molar-refractivity contribution in [1.82, 2.24) is 5.32 Å². The molecule has 4 heteroatoms. The summed E-state index contributed by atoms with van der Waals surface area (Å²) in [4.78, 5) is 13.0. The number of hydrogen-bond acceptors (Lipinski definition) is 2. The molecule has 2 aromatic rings. The van der Waals surface area contributed by atoms with E-state index in [1.54, 1.807) is 12.1 Å².